The molecule has 0 spiro atoms. The molecule has 4 aromatic carbocycles. The Hall–Kier alpha value is -3.93. The Bertz CT molecular complexity index is 1570. The molecule has 1 aliphatic rings. The minimum absolute atomic E-state index is 0.0289. The second kappa shape index (κ2) is 13.2. The van der Waals surface area contributed by atoms with Crippen molar-refractivity contribution in [3.05, 3.63) is 125 Å². The summed E-state index contributed by atoms with van der Waals surface area (Å²) >= 11 is 1.86. The van der Waals surface area contributed by atoms with Crippen LogP contribution in [0.25, 0.3) is 20.5 Å². The lowest BCUT2D eigenvalue weighted by Gasteiger charge is -2.15. The van der Waals surface area contributed by atoms with Gasteiger partial charge in [0.15, 0.2) is 0 Å². The second-order valence-electron chi connectivity index (χ2n) is 10.7. The van der Waals surface area contributed by atoms with E-state index in [1.54, 1.807) is 0 Å². The number of nitrogens with one attached hydrogen (secondary N) is 1. The Morgan fingerprint density at radius 2 is 1.51 bits per heavy atom. The maximum atomic E-state index is 12.3. The molecule has 1 fully saturated rings. The molecule has 0 bridgehead atoms. The molecule has 0 saturated carbocycles. The van der Waals surface area contributed by atoms with Gasteiger partial charge in [0.2, 0.25) is 0 Å². The molecule has 1 aliphatic heterocycles. The molecular weight excluding hydrogens is 524 g/mol. The first-order valence-electron chi connectivity index (χ1n) is 14.6. The summed E-state index contributed by atoms with van der Waals surface area (Å²) in [5, 5.41) is 4.35. The quantitative estimate of drug-likeness (QED) is 0.181. The van der Waals surface area contributed by atoms with E-state index in [9.17, 15) is 4.79 Å². The third-order valence-electron chi connectivity index (χ3n) is 7.83. The number of benzene rings is 4. The van der Waals surface area contributed by atoms with Crippen molar-refractivity contribution < 1.29 is 9.53 Å². The zero-order valence-corrected chi connectivity index (χ0v) is 24.2. The number of carbonyl (C=O) groups excluding carboxylic acids is 1. The van der Waals surface area contributed by atoms with Crippen LogP contribution < -0.4 is 10.1 Å². The van der Waals surface area contributed by atoms with Gasteiger partial charge in [0, 0.05) is 28.2 Å². The average Bonchev–Trinajstić information content (AvgIpc) is 3.67. The molecule has 41 heavy (non-hydrogen) atoms. The minimum atomic E-state index is -0.0289. The Balaban J connectivity index is 1.12. The van der Waals surface area contributed by atoms with Crippen LogP contribution in [-0.2, 0) is 12.8 Å². The van der Waals surface area contributed by atoms with E-state index in [1.165, 1.54) is 63.1 Å². The topological polar surface area (TPSA) is 41.6 Å². The Morgan fingerprint density at radius 1 is 0.805 bits per heavy atom. The first-order valence-corrected chi connectivity index (χ1v) is 15.4. The lowest BCUT2D eigenvalue weighted by molar-refractivity contribution is 0.0954. The highest BCUT2D eigenvalue weighted by molar-refractivity contribution is 7.22. The summed E-state index contributed by atoms with van der Waals surface area (Å²) in [6.45, 7) is 4.77. The van der Waals surface area contributed by atoms with E-state index in [0.29, 0.717) is 12.1 Å². The van der Waals surface area contributed by atoms with Crippen LogP contribution in [0.15, 0.2) is 103 Å². The van der Waals surface area contributed by atoms with E-state index in [-0.39, 0.29) is 5.91 Å². The van der Waals surface area contributed by atoms with Crippen molar-refractivity contribution in [3.63, 3.8) is 0 Å². The third-order valence-corrected chi connectivity index (χ3v) is 9.09. The largest absolute Gasteiger partial charge is 0.492 e. The number of carbonyl (C=O) groups is 1. The number of thiophene rings is 1. The first-order chi connectivity index (χ1) is 20.2. The number of amides is 1. The van der Waals surface area contributed by atoms with E-state index in [0.717, 1.165) is 31.7 Å². The highest BCUT2D eigenvalue weighted by atomic mass is 32.1. The molecule has 1 saturated heterocycles. The molecular formula is C36H36N2O2S. The van der Waals surface area contributed by atoms with Crippen LogP contribution in [0.5, 0.6) is 5.75 Å². The van der Waals surface area contributed by atoms with Gasteiger partial charge in [-0.05, 0) is 96.7 Å². The van der Waals surface area contributed by atoms with Crippen LogP contribution in [0.1, 0.15) is 39.9 Å². The molecule has 5 heteroatoms. The predicted octanol–water partition coefficient (Wildman–Crippen LogP) is 7.61. The normalized spacial score (nSPS) is 13.5. The smallest absolute Gasteiger partial charge is 0.251 e. The lowest BCUT2D eigenvalue weighted by Crippen LogP contribution is -2.25. The Kier molecular flexibility index (Phi) is 8.74. The van der Waals surface area contributed by atoms with Crippen molar-refractivity contribution in [1.82, 2.24) is 10.2 Å². The summed E-state index contributed by atoms with van der Waals surface area (Å²) in [7, 11) is 0. The van der Waals surface area contributed by atoms with Crippen LogP contribution in [0.4, 0.5) is 0 Å². The number of likely N-dealkylation sites (tertiary alicyclic amines) is 1. The van der Waals surface area contributed by atoms with Gasteiger partial charge in [0.1, 0.15) is 12.4 Å². The van der Waals surface area contributed by atoms with E-state index in [2.05, 4.69) is 83.0 Å². The van der Waals surface area contributed by atoms with E-state index in [1.807, 2.05) is 41.7 Å². The monoisotopic (exact) mass is 560 g/mol. The van der Waals surface area contributed by atoms with Gasteiger partial charge in [-0.15, -0.1) is 11.3 Å². The number of ether oxygens (including phenoxy) is 1. The number of fused-ring (bicyclic) bond motifs is 1. The van der Waals surface area contributed by atoms with Gasteiger partial charge in [0.05, 0.1) is 0 Å². The van der Waals surface area contributed by atoms with Crippen molar-refractivity contribution in [2.45, 2.75) is 25.7 Å². The van der Waals surface area contributed by atoms with E-state index in [4.69, 9.17) is 4.74 Å². The maximum absolute atomic E-state index is 12.3. The van der Waals surface area contributed by atoms with Crippen molar-refractivity contribution in [2.24, 2.45) is 0 Å². The Morgan fingerprint density at radius 3 is 2.29 bits per heavy atom. The van der Waals surface area contributed by atoms with Crippen molar-refractivity contribution in [3.8, 4) is 16.2 Å². The van der Waals surface area contributed by atoms with Gasteiger partial charge < -0.3 is 10.1 Å². The summed E-state index contributed by atoms with van der Waals surface area (Å²) < 4.78 is 7.35. The molecule has 1 amide bonds. The highest BCUT2D eigenvalue weighted by Crippen LogP contribution is 2.40. The summed E-state index contributed by atoms with van der Waals surface area (Å²) in [6.07, 6.45) is 4.30. The SMILES string of the molecule is O=C(NCCc1ccc(-c2sc3ccccc3c2Cc2ccc(OCCN3CCCC3)cc2)cc1)c1ccccc1. The molecule has 6 rings (SSSR count). The summed E-state index contributed by atoms with van der Waals surface area (Å²) in [5.41, 5.74) is 5.80. The standard InChI is InChI=1S/C36H36N2O2S/c39-36(30-8-2-1-3-9-30)37-21-20-27-12-16-29(17-13-27)35-33(32-10-4-5-11-34(32)41-35)26-28-14-18-31(19-15-28)40-25-24-38-22-6-7-23-38/h1-5,8-19H,6-7,20-26H2,(H,37,39). The van der Waals surface area contributed by atoms with Crippen molar-refractivity contribution in [1.29, 1.82) is 0 Å². The fourth-order valence-corrected chi connectivity index (χ4v) is 6.78. The molecule has 208 valence electrons. The summed E-state index contributed by atoms with van der Waals surface area (Å²) in [5.74, 6) is 0.915. The third kappa shape index (κ3) is 6.87. The van der Waals surface area contributed by atoms with Crippen molar-refractivity contribution >= 4 is 27.3 Å². The van der Waals surface area contributed by atoms with Gasteiger partial charge in [0.25, 0.3) is 5.91 Å². The van der Waals surface area contributed by atoms with E-state index >= 15 is 0 Å². The fourth-order valence-electron chi connectivity index (χ4n) is 5.55. The van der Waals surface area contributed by atoms with Crippen LogP contribution >= 0.6 is 11.3 Å². The number of hydrogen-bond acceptors (Lipinski definition) is 4. The van der Waals surface area contributed by atoms with Crippen LogP contribution in [0.2, 0.25) is 0 Å². The van der Waals surface area contributed by atoms with Crippen LogP contribution in [0.3, 0.4) is 0 Å². The zero-order valence-electron chi connectivity index (χ0n) is 23.4. The number of nitrogens with zero attached hydrogens (tertiary/aromatic N) is 1. The average molecular weight is 561 g/mol. The van der Waals surface area contributed by atoms with Crippen LogP contribution in [-0.4, -0.2) is 43.6 Å². The lowest BCUT2D eigenvalue weighted by atomic mass is 9.98. The summed E-state index contributed by atoms with van der Waals surface area (Å²) in [6, 6.07) is 35.5. The molecule has 5 aromatic rings. The molecule has 2 heterocycles. The molecule has 0 atom stereocenters. The fraction of sp³-hybridized carbons (Fsp3) is 0.250. The molecule has 1 aromatic heterocycles. The maximum Gasteiger partial charge on any atom is 0.251 e. The highest BCUT2D eigenvalue weighted by Gasteiger charge is 2.15. The van der Waals surface area contributed by atoms with Crippen molar-refractivity contribution in [2.75, 3.05) is 32.8 Å². The van der Waals surface area contributed by atoms with Gasteiger partial charge in [-0.1, -0.05) is 72.8 Å². The van der Waals surface area contributed by atoms with Gasteiger partial charge in [-0.25, -0.2) is 0 Å². The molecule has 0 unspecified atom stereocenters. The van der Waals surface area contributed by atoms with Crippen LogP contribution in [0, 0.1) is 0 Å². The number of hydrogen-bond donors (Lipinski definition) is 1. The van der Waals surface area contributed by atoms with Gasteiger partial charge in [-0.2, -0.15) is 0 Å². The molecule has 0 radical (unpaired) electrons. The summed E-state index contributed by atoms with van der Waals surface area (Å²) in [4.78, 5) is 16.1. The number of rotatable bonds is 11. The Labute approximate surface area is 246 Å². The molecule has 0 aliphatic carbocycles. The predicted molar refractivity (Wildman–Crippen MR) is 170 cm³/mol. The molecule has 1 N–H and O–H groups in total. The minimum Gasteiger partial charge on any atom is -0.492 e. The second-order valence-corrected chi connectivity index (χ2v) is 11.7. The van der Waals surface area contributed by atoms with E-state index < -0.39 is 0 Å². The zero-order chi connectivity index (χ0) is 27.9. The van der Waals surface area contributed by atoms with Gasteiger partial charge in [-0.3, -0.25) is 9.69 Å². The van der Waals surface area contributed by atoms with Gasteiger partial charge >= 0.3 is 0 Å². The molecule has 4 nitrogen and oxygen atoms in total. The first kappa shape index (κ1) is 27.3.